The van der Waals surface area contributed by atoms with Crippen molar-refractivity contribution in [2.75, 3.05) is 5.75 Å². The maximum atomic E-state index is 11.9. The third kappa shape index (κ3) is 3.77. The number of amides is 1. The van der Waals surface area contributed by atoms with Crippen LogP contribution < -0.4 is 5.43 Å². The fourth-order valence-electron chi connectivity index (χ4n) is 2.17. The van der Waals surface area contributed by atoms with Gasteiger partial charge in [-0.3, -0.25) is 4.79 Å². The molecule has 0 bridgehead atoms. The monoisotopic (exact) mass is 358 g/mol. The predicted octanol–water partition coefficient (Wildman–Crippen LogP) is 3.47. The van der Waals surface area contributed by atoms with E-state index in [-0.39, 0.29) is 11.7 Å². The number of rotatable bonds is 5. The molecule has 0 unspecified atom stereocenters. The number of hydrazone groups is 1. The average Bonchev–Trinajstić information content (AvgIpc) is 2.91. The molecule has 0 saturated heterocycles. The molecule has 5 nitrogen and oxygen atoms in total. The van der Waals surface area contributed by atoms with Gasteiger partial charge in [-0.1, -0.05) is 53.7 Å². The minimum absolute atomic E-state index is 0.199. The maximum Gasteiger partial charge on any atom is 0.250 e. The largest absolute Gasteiger partial charge is 0.322 e. The van der Waals surface area contributed by atoms with Crippen molar-refractivity contribution in [1.82, 2.24) is 15.0 Å². The van der Waals surface area contributed by atoms with Gasteiger partial charge in [0.05, 0.1) is 23.0 Å². The number of para-hydroxylation sites is 2. The second-order valence-corrected chi connectivity index (χ2v) is 6.40. The number of nitrogens with one attached hydrogen (secondary N) is 1. The summed E-state index contributed by atoms with van der Waals surface area (Å²) >= 11 is 7.39. The van der Waals surface area contributed by atoms with Crippen LogP contribution in [0.1, 0.15) is 5.56 Å². The second-order valence-electron chi connectivity index (χ2n) is 5.05. The van der Waals surface area contributed by atoms with Crippen molar-refractivity contribution >= 4 is 46.5 Å². The molecule has 0 saturated carbocycles. The first-order valence-electron chi connectivity index (χ1n) is 7.26. The van der Waals surface area contributed by atoms with E-state index >= 15 is 0 Å². The van der Waals surface area contributed by atoms with Crippen molar-refractivity contribution in [3.8, 4) is 0 Å². The molecule has 0 radical (unpaired) electrons. The third-order valence-corrected chi connectivity index (χ3v) is 4.75. The summed E-state index contributed by atoms with van der Waals surface area (Å²) < 4.78 is 1.97. The molecule has 2 aromatic carbocycles. The van der Waals surface area contributed by atoms with Crippen molar-refractivity contribution in [2.45, 2.75) is 5.16 Å². The molecular formula is C17H15ClN4OS. The lowest BCUT2D eigenvalue weighted by atomic mass is 10.2. The third-order valence-electron chi connectivity index (χ3n) is 3.38. The first kappa shape index (κ1) is 16.5. The van der Waals surface area contributed by atoms with E-state index in [9.17, 15) is 4.79 Å². The molecular weight excluding hydrogens is 344 g/mol. The molecule has 0 spiro atoms. The summed E-state index contributed by atoms with van der Waals surface area (Å²) in [5.74, 6) is 0.0344. The summed E-state index contributed by atoms with van der Waals surface area (Å²) in [4.78, 5) is 16.4. The van der Waals surface area contributed by atoms with Crippen LogP contribution in [0.2, 0.25) is 5.02 Å². The molecule has 0 aliphatic heterocycles. The highest BCUT2D eigenvalue weighted by molar-refractivity contribution is 7.99. The highest BCUT2D eigenvalue weighted by atomic mass is 35.5. The molecule has 1 aromatic heterocycles. The van der Waals surface area contributed by atoms with Crippen LogP contribution in [0.25, 0.3) is 11.0 Å². The van der Waals surface area contributed by atoms with Gasteiger partial charge in [-0.2, -0.15) is 5.10 Å². The molecule has 1 N–H and O–H groups in total. The lowest BCUT2D eigenvalue weighted by molar-refractivity contribution is -0.118. The summed E-state index contributed by atoms with van der Waals surface area (Å²) in [5, 5.41) is 5.31. The van der Waals surface area contributed by atoms with E-state index < -0.39 is 0 Å². The summed E-state index contributed by atoms with van der Waals surface area (Å²) in [6.07, 6.45) is 1.53. The van der Waals surface area contributed by atoms with E-state index in [2.05, 4.69) is 15.5 Å². The summed E-state index contributed by atoms with van der Waals surface area (Å²) in [6, 6.07) is 15.2. The molecule has 0 aliphatic carbocycles. The van der Waals surface area contributed by atoms with Gasteiger partial charge in [0, 0.05) is 17.6 Å². The van der Waals surface area contributed by atoms with E-state index in [1.165, 1.54) is 18.0 Å². The molecule has 122 valence electrons. The summed E-state index contributed by atoms with van der Waals surface area (Å²) in [5.41, 5.74) is 5.20. The molecule has 7 heteroatoms. The number of aromatic nitrogens is 2. The Hall–Kier alpha value is -2.31. The topological polar surface area (TPSA) is 59.3 Å². The number of carbonyl (C=O) groups is 1. The Kier molecular flexibility index (Phi) is 5.17. The number of thioether (sulfide) groups is 1. The first-order valence-corrected chi connectivity index (χ1v) is 8.62. The fourth-order valence-corrected chi connectivity index (χ4v) is 3.13. The van der Waals surface area contributed by atoms with Gasteiger partial charge in [0.15, 0.2) is 5.16 Å². The van der Waals surface area contributed by atoms with Crippen molar-refractivity contribution in [3.05, 3.63) is 59.1 Å². The lowest BCUT2D eigenvalue weighted by Gasteiger charge is -2.02. The van der Waals surface area contributed by atoms with Crippen LogP contribution in [-0.4, -0.2) is 27.4 Å². The van der Waals surface area contributed by atoms with Crippen LogP contribution in [0, 0.1) is 0 Å². The number of benzene rings is 2. The number of imidazole rings is 1. The molecule has 1 amide bonds. The number of carbonyl (C=O) groups excluding carboxylic acids is 1. The van der Waals surface area contributed by atoms with Crippen molar-refractivity contribution < 1.29 is 4.79 Å². The van der Waals surface area contributed by atoms with Crippen LogP contribution in [0.3, 0.4) is 0 Å². The lowest BCUT2D eigenvalue weighted by Crippen LogP contribution is -2.19. The van der Waals surface area contributed by atoms with E-state index in [1.807, 2.05) is 54.1 Å². The first-order chi connectivity index (χ1) is 11.6. The quantitative estimate of drug-likeness (QED) is 0.431. The van der Waals surface area contributed by atoms with Gasteiger partial charge in [0.25, 0.3) is 5.91 Å². The van der Waals surface area contributed by atoms with Crippen molar-refractivity contribution in [3.63, 3.8) is 0 Å². The maximum absolute atomic E-state index is 11.9. The zero-order valence-corrected chi connectivity index (χ0v) is 14.5. The Morgan fingerprint density at radius 2 is 2.04 bits per heavy atom. The number of aryl methyl sites for hydroxylation is 1. The number of halogens is 1. The van der Waals surface area contributed by atoms with Gasteiger partial charge < -0.3 is 4.57 Å². The highest BCUT2D eigenvalue weighted by Gasteiger charge is 2.09. The zero-order chi connectivity index (χ0) is 16.9. The van der Waals surface area contributed by atoms with Crippen LogP contribution >= 0.6 is 23.4 Å². The molecule has 1 heterocycles. The SMILES string of the molecule is Cn1c(SCC(=O)NN=Cc2ccccc2Cl)nc2ccccc21. The molecule has 0 atom stereocenters. The Bertz CT molecular complexity index is 906. The second kappa shape index (κ2) is 7.51. The minimum atomic E-state index is -0.199. The van der Waals surface area contributed by atoms with E-state index in [0.717, 1.165) is 21.8 Å². The summed E-state index contributed by atoms with van der Waals surface area (Å²) in [6.45, 7) is 0. The van der Waals surface area contributed by atoms with Crippen molar-refractivity contribution in [1.29, 1.82) is 0 Å². The molecule has 3 rings (SSSR count). The minimum Gasteiger partial charge on any atom is -0.322 e. The van der Waals surface area contributed by atoms with Gasteiger partial charge in [-0.15, -0.1) is 0 Å². The van der Waals surface area contributed by atoms with Gasteiger partial charge in [0.1, 0.15) is 0 Å². The van der Waals surface area contributed by atoms with Crippen molar-refractivity contribution in [2.24, 2.45) is 12.1 Å². The van der Waals surface area contributed by atoms with Gasteiger partial charge in [0.2, 0.25) is 0 Å². The normalized spacial score (nSPS) is 11.2. The average molecular weight is 359 g/mol. The number of fused-ring (bicyclic) bond motifs is 1. The molecule has 0 fully saturated rings. The number of hydrogen-bond donors (Lipinski definition) is 1. The number of nitrogens with zero attached hydrogens (tertiary/aromatic N) is 3. The summed E-state index contributed by atoms with van der Waals surface area (Å²) in [7, 11) is 1.94. The predicted molar refractivity (Wildman–Crippen MR) is 98.6 cm³/mol. The van der Waals surface area contributed by atoms with E-state index in [4.69, 9.17) is 11.6 Å². The Morgan fingerprint density at radius 1 is 1.29 bits per heavy atom. The van der Waals surface area contributed by atoms with E-state index in [1.54, 1.807) is 6.07 Å². The van der Waals surface area contributed by atoms with Crippen LogP contribution in [0.4, 0.5) is 0 Å². The highest BCUT2D eigenvalue weighted by Crippen LogP contribution is 2.22. The van der Waals surface area contributed by atoms with Gasteiger partial charge in [-0.25, -0.2) is 10.4 Å². The standard InChI is InChI=1S/C17H15ClN4OS/c1-22-15-9-5-4-8-14(15)20-17(22)24-11-16(23)21-19-10-12-6-2-3-7-13(12)18/h2-10H,11H2,1H3,(H,21,23). The van der Waals surface area contributed by atoms with Gasteiger partial charge >= 0.3 is 0 Å². The molecule has 3 aromatic rings. The Morgan fingerprint density at radius 3 is 2.83 bits per heavy atom. The Labute approximate surface area is 148 Å². The zero-order valence-electron chi connectivity index (χ0n) is 12.9. The van der Waals surface area contributed by atoms with Crippen LogP contribution in [0.5, 0.6) is 0 Å². The molecule has 24 heavy (non-hydrogen) atoms. The smallest absolute Gasteiger partial charge is 0.250 e. The van der Waals surface area contributed by atoms with Gasteiger partial charge in [-0.05, 0) is 18.2 Å². The number of hydrogen-bond acceptors (Lipinski definition) is 4. The van der Waals surface area contributed by atoms with Crippen LogP contribution in [-0.2, 0) is 11.8 Å². The molecule has 0 aliphatic rings. The Balaban J connectivity index is 1.57. The van der Waals surface area contributed by atoms with Crippen LogP contribution in [0.15, 0.2) is 58.8 Å². The fraction of sp³-hybridized carbons (Fsp3) is 0.118. The van der Waals surface area contributed by atoms with E-state index in [0.29, 0.717) is 5.02 Å².